The Bertz CT molecular complexity index is 1430. The normalized spacial score (nSPS) is 11.9. The Kier molecular flexibility index (Phi) is 5.32. The molecule has 0 saturated heterocycles. The quantitative estimate of drug-likeness (QED) is 0.409. The molecule has 0 radical (unpaired) electrons. The minimum atomic E-state index is -1.03. The zero-order valence-corrected chi connectivity index (χ0v) is 17.1. The summed E-state index contributed by atoms with van der Waals surface area (Å²) in [5, 5.41) is 4.25. The molecule has 3 heterocycles. The van der Waals surface area contributed by atoms with Crippen molar-refractivity contribution >= 4 is 34.5 Å². The highest BCUT2D eigenvalue weighted by atomic mass is 35.5. The molecule has 4 aromatic rings. The number of nitrogens with zero attached hydrogens (tertiary/aromatic N) is 4. The summed E-state index contributed by atoms with van der Waals surface area (Å²) in [4.78, 5) is 20.7. The second-order valence-electron chi connectivity index (χ2n) is 6.85. The fraction of sp³-hybridized carbons (Fsp3) is 0.0909. The van der Waals surface area contributed by atoms with E-state index in [-0.39, 0.29) is 27.3 Å². The third kappa shape index (κ3) is 3.94. The van der Waals surface area contributed by atoms with Crippen LogP contribution in [-0.4, -0.2) is 19.7 Å². The summed E-state index contributed by atoms with van der Waals surface area (Å²) < 4.78 is 44.2. The Morgan fingerprint density at radius 2 is 1.90 bits per heavy atom. The maximum absolute atomic E-state index is 15.1. The highest BCUT2D eigenvalue weighted by molar-refractivity contribution is 6.30. The number of fused-ring (bicyclic) bond motifs is 1. The van der Waals surface area contributed by atoms with E-state index in [9.17, 15) is 13.6 Å². The molecule has 0 fully saturated rings. The predicted octanol–water partition coefficient (Wildman–Crippen LogP) is 5.19. The first-order valence-corrected chi connectivity index (χ1v) is 9.48. The largest absolute Gasteiger partial charge is 0.285 e. The van der Waals surface area contributed by atoms with Gasteiger partial charge in [0.15, 0.2) is 11.5 Å². The zero-order chi connectivity index (χ0) is 22.3. The zero-order valence-electron chi connectivity index (χ0n) is 16.3. The molecule has 0 N–H and O–H groups in total. The molecule has 0 aliphatic heterocycles. The molecule has 0 spiro atoms. The van der Waals surface area contributed by atoms with Gasteiger partial charge in [-0.1, -0.05) is 11.6 Å². The van der Waals surface area contributed by atoms with Gasteiger partial charge in [-0.3, -0.25) is 4.79 Å². The first-order valence-electron chi connectivity index (χ1n) is 9.10. The van der Waals surface area contributed by atoms with Crippen LogP contribution >= 0.6 is 11.6 Å². The van der Waals surface area contributed by atoms with Crippen molar-refractivity contribution in [3.8, 4) is 5.69 Å². The van der Waals surface area contributed by atoms with Crippen LogP contribution in [0.25, 0.3) is 28.6 Å². The molecule has 4 rings (SSSR count). The number of pyridine rings is 2. The molecular weight excluding hydrogens is 429 g/mol. The van der Waals surface area contributed by atoms with Gasteiger partial charge in [0.2, 0.25) is 11.4 Å². The van der Waals surface area contributed by atoms with Gasteiger partial charge in [0.05, 0.1) is 5.52 Å². The fourth-order valence-corrected chi connectivity index (χ4v) is 3.20. The fourth-order valence-electron chi connectivity index (χ4n) is 3.05. The molecule has 0 aliphatic carbocycles. The lowest BCUT2D eigenvalue weighted by molar-refractivity contribution is 0.583. The SMILES string of the molecule is Cc1cc2c(nc1C)c(=O)c(/C(F)=C/c1ccnc(F)c1)nn2-c1ccc(Cl)cc1F. The Hall–Kier alpha value is -3.52. The maximum Gasteiger partial charge on any atom is 0.236 e. The van der Waals surface area contributed by atoms with Crippen LogP contribution in [0.4, 0.5) is 13.2 Å². The van der Waals surface area contributed by atoms with Crippen molar-refractivity contribution in [2.24, 2.45) is 0 Å². The van der Waals surface area contributed by atoms with Crippen molar-refractivity contribution in [3.63, 3.8) is 0 Å². The van der Waals surface area contributed by atoms with Crippen molar-refractivity contribution in [1.82, 2.24) is 19.7 Å². The molecule has 0 saturated carbocycles. The van der Waals surface area contributed by atoms with E-state index in [0.29, 0.717) is 5.69 Å². The van der Waals surface area contributed by atoms with Crippen molar-refractivity contribution in [2.45, 2.75) is 13.8 Å². The minimum Gasteiger partial charge on any atom is -0.285 e. The van der Waals surface area contributed by atoms with E-state index in [1.807, 2.05) is 0 Å². The first-order chi connectivity index (χ1) is 14.7. The molecular formula is C22H14ClF3N4O. The van der Waals surface area contributed by atoms with E-state index in [1.165, 1.54) is 18.2 Å². The van der Waals surface area contributed by atoms with Crippen LogP contribution in [0.5, 0.6) is 0 Å². The van der Waals surface area contributed by atoms with Gasteiger partial charge in [-0.2, -0.15) is 9.49 Å². The average molecular weight is 443 g/mol. The third-order valence-electron chi connectivity index (χ3n) is 4.71. The number of halogens is 4. The van der Waals surface area contributed by atoms with E-state index in [2.05, 4.69) is 15.1 Å². The van der Waals surface area contributed by atoms with Crippen LogP contribution in [0.3, 0.4) is 0 Å². The van der Waals surface area contributed by atoms with E-state index in [4.69, 9.17) is 11.6 Å². The number of hydrogen-bond donors (Lipinski definition) is 0. The molecule has 156 valence electrons. The van der Waals surface area contributed by atoms with E-state index < -0.39 is 28.7 Å². The summed E-state index contributed by atoms with van der Waals surface area (Å²) >= 11 is 5.84. The molecule has 0 aliphatic rings. The van der Waals surface area contributed by atoms with Gasteiger partial charge in [0.25, 0.3) is 0 Å². The lowest BCUT2D eigenvalue weighted by Crippen LogP contribution is -2.19. The molecule has 0 bridgehead atoms. The lowest BCUT2D eigenvalue weighted by Gasteiger charge is -2.13. The number of hydrogen-bond acceptors (Lipinski definition) is 4. The minimum absolute atomic E-state index is 0.0385. The van der Waals surface area contributed by atoms with Gasteiger partial charge in [-0.25, -0.2) is 23.4 Å². The molecule has 0 amide bonds. The summed E-state index contributed by atoms with van der Waals surface area (Å²) in [5.74, 6) is -2.54. The van der Waals surface area contributed by atoms with Crippen molar-refractivity contribution in [2.75, 3.05) is 0 Å². The van der Waals surface area contributed by atoms with Crippen molar-refractivity contribution in [3.05, 3.63) is 92.1 Å². The molecule has 9 heteroatoms. The van der Waals surface area contributed by atoms with Crippen LogP contribution in [0.15, 0.2) is 47.4 Å². The Morgan fingerprint density at radius 1 is 1.13 bits per heavy atom. The van der Waals surface area contributed by atoms with Crippen LogP contribution in [0, 0.1) is 25.6 Å². The Morgan fingerprint density at radius 3 is 2.61 bits per heavy atom. The monoisotopic (exact) mass is 442 g/mol. The van der Waals surface area contributed by atoms with Crippen LogP contribution in [0.1, 0.15) is 22.5 Å². The van der Waals surface area contributed by atoms with Gasteiger partial charge in [0.1, 0.15) is 17.0 Å². The van der Waals surface area contributed by atoms with E-state index in [1.54, 1.807) is 19.9 Å². The topological polar surface area (TPSA) is 60.7 Å². The van der Waals surface area contributed by atoms with Crippen LogP contribution < -0.4 is 5.43 Å². The highest BCUT2D eigenvalue weighted by Gasteiger charge is 2.19. The second kappa shape index (κ2) is 7.96. The summed E-state index contributed by atoms with van der Waals surface area (Å²) in [5.41, 5.74) is 0.180. The summed E-state index contributed by atoms with van der Waals surface area (Å²) in [6, 6.07) is 7.90. The van der Waals surface area contributed by atoms with Crippen LogP contribution in [-0.2, 0) is 0 Å². The van der Waals surface area contributed by atoms with Crippen LogP contribution in [0.2, 0.25) is 5.02 Å². The second-order valence-corrected chi connectivity index (χ2v) is 7.28. The predicted molar refractivity (Wildman–Crippen MR) is 113 cm³/mol. The maximum atomic E-state index is 15.1. The lowest BCUT2D eigenvalue weighted by atomic mass is 10.1. The molecule has 1 aromatic carbocycles. The first kappa shape index (κ1) is 20.7. The van der Waals surface area contributed by atoms with Gasteiger partial charge in [-0.05, 0) is 61.4 Å². The molecule has 0 atom stereocenters. The standard InChI is InChI=1S/C22H14ClF3N4O/c1-11-7-18-21(28-12(11)2)22(31)20(16(25)8-13-5-6-27-19(26)9-13)29-30(18)17-4-3-14(23)10-15(17)24/h3-10H,1-2H3/b16-8-. The summed E-state index contributed by atoms with van der Waals surface area (Å²) in [7, 11) is 0. The molecule has 0 unspecified atom stereocenters. The van der Waals surface area contributed by atoms with Gasteiger partial charge in [0, 0.05) is 23.0 Å². The third-order valence-corrected chi connectivity index (χ3v) is 4.95. The summed E-state index contributed by atoms with van der Waals surface area (Å²) in [6.07, 6.45) is 2.11. The molecule has 5 nitrogen and oxygen atoms in total. The summed E-state index contributed by atoms with van der Waals surface area (Å²) in [6.45, 7) is 3.48. The number of rotatable bonds is 3. The number of benzene rings is 1. The Balaban J connectivity index is 2.04. The van der Waals surface area contributed by atoms with Gasteiger partial charge < -0.3 is 0 Å². The van der Waals surface area contributed by atoms with Crippen molar-refractivity contribution < 1.29 is 13.2 Å². The van der Waals surface area contributed by atoms with Gasteiger partial charge >= 0.3 is 0 Å². The van der Waals surface area contributed by atoms with E-state index in [0.717, 1.165) is 34.7 Å². The smallest absolute Gasteiger partial charge is 0.236 e. The van der Waals surface area contributed by atoms with Crippen molar-refractivity contribution in [1.29, 1.82) is 0 Å². The molecule has 3 aromatic heterocycles. The molecule has 31 heavy (non-hydrogen) atoms. The van der Waals surface area contributed by atoms with E-state index >= 15 is 4.39 Å². The Labute approximate surface area is 179 Å². The van der Waals surface area contributed by atoms with Gasteiger partial charge in [-0.15, -0.1) is 0 Å². The average Bonchev–Trinajstić information content (AvgIpc) is 2.70. The number of aromatic nitrogens is 4. The highest BCUT2D eigenvalue weighted by Crippen LogP contribution is 2.24. The number of aryl methyl sites for hydroxylation is 2.